The third-order valence-electron chi connectivity index (χ3n) is 3.38. The van der Waals surface area contributed by atoms with Crippen molar-refractivity contribution >= 4 is 45.5 Å². The number of carboxylic acids is 1. The molecular formula is C16H10ClN3O4. The van der Waals surface area contributed by atoms with E-state index in [0.717, 1.165) is 0 Å². The van der Waals surface area contributed by atoms with Crippen LogP contribution in [0.2, 0.25) is 5.15 Å². The van der Waals surface area contributed by atoms with Crippen LogP contribution in [-0.2, 0) is 0 Å². The predicted octanol–water partition coefficient (Wildman–Crippen LogP) is 4.24. The van der Waals surface area contributed by atoms with E-state index in [-0.39, 0.29) is 16.4 Å². The molecule has 7 nitrogen and oxygen atoms in total. The molecule has 0 saturated heterocycles. The fourth-order valence-corrected chi connectivity index (χ4v) is 2.45. The minimum Gasteiger partial charge on any atom is -0.478 e. The smallest absolute Gasteiger partial charge is 0.335 e. The number of halogens is 1. The van der Waals surface area contributed by atoms with Crippen molar-refractivity contribution in [2.75, 3.05) is 5.32 Å². The molecule has 2 N–H and O–H groups in total. The van der Waals surface area contributed by atoms with Gasteiger partial charge in [-0.05, 0) is 36.4 Å². The minimum absolute atomic E-state index is 0.0219. The number of pyridine rings is 1. The minimum atomic E-state index is -1.05. The van der Waals surface area contributed by atoms with E-state index in [9.17, 15) is 14.9 Å². The van der Waals surface area contributed by atoms with Gasteiger partial charge in [-0.3, -0.25) is 10.1 Å². The fourth-order valence-electron chi connectivity index (χ4n) is 2.25. The van der Waals surface area contributed by atoms with Crippen LogP contribution in [0.25, 0.3) is 10.9 Å². The van der Waals surface area contributed by atoms with Gasteiger partial charge >= 0.3 is 5.97 Å². The molecule has 0 aliphatic carbocycles. The largest absolute Gasteiger partial charge is 0.478 e. The second kappa shape index (κ2) is 6.13. The average Bonchev–Trinajstić information content (AvgIpc) is 2.54. The molecule has 0 unspecified atom stereocenters. The second-order valence-corrected chi connectivity index (χ2v) is 5.35. The number of hydrogen-bond acceptors (Lipinski definition) is 5. The van der Waals surface area contributed by atoms with Gasteiger partial charge in [0, 0.05) is 23.2 Å². The number of non-ortho nitro benzene ring substituents is 1. The summed E-state index contributed by atoms with van der Waals surface area (Å²) < 4.78 is 0. The lowest BCUT2D eigenvalue weighted by Gasteiger charge is -2.11. The zero-order chi connectivity index (χ0) is 17.3. The quantitative estimate of drug-likeness (QED) is 0.417. The Balaban J connectivity index is 2.05. The van der Waals surface area contributed by atoms with Crippen LogP contribution in [0.4, 0.5) is 17.1 Å². The number of nitro benzene ring substituents is 1. The van der Waals surface area contributed by atoms with Crippen LogP contribution in [0.1, 0.15) is 10.4 Å². The summed E-state index contributed by atoms with van der Waals surface area (Å²) in [5.41, 5.74) is 1.80. The lowest BCUT2D eigenvalue weighted by molar-refractivity contribution is -0.384. The Labute approximate surface area is 140 Å². The molecule has 3 aromatic rings. The zero-order valence-corrected chi connectivity index (χ0v) is 12.8. The SMILES string of the molecule is O=C(O)c1ccc2nc(Cl)cc(Nc3ccc([N+](=O)[O-])cc3)c2c1. The number of rotatable bonds is 4. The third kappa shape index (κ3) is 3.11. The summed E-state index contributed by atoms with van der Waals surface area (Å²) in [6.45, 7) is 0. The Hall–Kier alpha value is -3.19. The molecule has 0 aliphatic rings. The van der Waals surface area contributed by atoms with Crippen molar-refractivity contribution < 1.29 is 14.8 Å². The number of nitro groups is 1. The first-order chi connectivity index (χ1) is 11.4. The number of hydrogen-bond donors (Lipinski definition) is 2. The normalized spacial score (nSPS) is 10.5. The number of nitrogens with zero attached hydrogens (tertiary/aromatic N) is 2. The van der Waals surface area contributed by atoms with Crippen LogP contribution < -0.4 is 5.32 Å². The van der Waals surface area contributed by atoms with Gasteiger partial charge in [0.2, 0.25) is 0 Å². The molecule has 3 rings (SSSR count). The van der Waals surface area contributed by atoms with Gasteiger partial charge in [0.15, 0.2) is 0 Å². The number of fused-ring (bicyclic) bond motifs is 1. The molecule has 24 heavy (non-hydrogen) atoms. The van der Waals surface area contributed by atoms with Crippen LogP contribution in [0.3, 0.4) is 0 Å². The monoisotopic (exact) mass is 343 g/mol. The van der Waals surface area contributed by atoms with Gasteiger partial charge in [-0.15, -0.1) is 0 Å². The van der Waals surface area contributed by atoms with E-state index in [4.69, 9.17) is 16.7 Å². The molecule has 0 atom stereocenters. The zero-order valence-electron chi connectivity index (χ0n) is 12.1. The Kier molecular flexibility index (Phi) is 4.01. The van der Waals surface area contributed by atoms with Crippen molar-refractivity contribution in [1.29, 1.82) is 0 Å². The molecule has 0 radical (unpaired) electrons. The summed E-state index contributed by atoms with van der Waals surface area (Å²) in [4.78, 5) is 25.5. The number of aromatic carboxylic acids is 1. The molecule has 1 heterocycles. The predicted molar refractivity (Wildman–Crippen MR) is 90.1 cm³/mol. The summed E-state index contributed by atoms with van der Waals surface area (Å²) in [5.74, 6) is -1.05. The van der Waals surface area contributed by atoms with E-state index in [0.29, 0.717) is 22.3 Å². The summed E-state index contributed by atoms with van der Waals surface area (Å²) in [6.07, 6.45) is 0. The highest BCUT2D eigenvalue weighted by Crippen LogP contribution is 2.29. The second-order valence-electron chi connectivity index (χ2n) is 4.96. The first-order valence-corrected chi connectivity index (χ1v) is 7.17. The number of carbonyl (C=O) groups is 1. The molecule has 0 spiro atoms. The molecule has 0 fully saturated rings. The van der Waals surface area contributed by atoms with Crippen LogP contribution in [0.15, 0.2) is 48.5 Å². The van der Waals surface area contributed by atoms with E-state index < -0.39 is 10.9 Å². The summed E-state index contributed by atoms with van der Waals surface area (Å²) >= 11 is 6.00. The molecule has 0 saturated carbocycles. The first-order valence-electron chi connectivity index (χ1n) is 6.79. The number of carboxylic acid groups (broad SMARTS) is 1. The maximum Gasteiger partial charge on any atom is 0.335 e. The number of nitrogens with one attached hydrogen (secondary N) is 1. The van der Waals surface area contributed by atoms with E-state index in [2.05, 4.69) is 10.3 Å². The average molecular weight is 344 g/mol. The molecule has 0 bridgehead atoms. The van der Waals surface area contributed by atoms with Gasteiger partial charge in [0.25, 0.3) is 5.69 Å². The highest BCUT2D eigenvalue weighted by Gasteiger charge is 2.10. The summed E-state index contributed by atoms with van der Waals surface area (Å²) in [7, 11) is 0. The van der Waals surface area contributed by atoms with E-state index in [1.807, 2.05) is 0 Å². The van der Waals surface area contributed by atoms with Crippen LogP contribution in [0, 0.1) is 10.1 Å². The lowest BCUT2D eigenvalue weighted by Crippen LogP contribution is -1.98. The number of anilines is 2. The maximum absolute atomic E-state index is 11.2. The van der Waals surface area contributed by atoms with Gasteiger partial charge in [0.05, 0.1) is 21.7 Å². The van der Waals surface area contributed by atoms with Gasteiger partial charge < -0.3 is 10.4 Å². The van der Waals surface area contributed by atoms with Crippen molar-refractivity contribution in [3.8, 4) is 0 Å². The number of benzene rings is 2. The topological polar surface area (TPSA) is 105 Å². The van der Waals surface area contributed by atoms with E-state index >= 15 is 0 Å². The van der Waals surface area contributed by atoms with Gasteiger partial charge in [0.1, 0.15) is 5.15 Å². The van der Waals surface area contributed by atoms with Crippen molar-refractivity contribution in [2.24, 2.45) is 0 Å². The van der Waals surface area contributed by atoms with Gasteiger partial charge in [-0.1, -0.05) is 11.6 Å². The molecule has 120 valence electrons. The van der Waals surface area contributed by atoms with E-state index in [1.165, 1.54) is 24.3 Å². The van der Waals surface area contributed by atoms with Crippen molar-refractivity contribution in [1.82, 2.24) is 4.98 Å². The molecule has 8 heteroatoms. The molecule has 2 aromatic carbocycles. The van der Waals surface area contributed by atoms with Crippen LogP contribution >= 0.6 is 11.6 Å². The van der Waals surface area contributed by atoms with Crippen molar-refractivity contribution in [3.63, 3.8) is 0 Å². The highest BCUT2D eigenvalue weighted by atomic mass is 35.5. The van der Waals surface area contributed by atoms with Crippen molar-refractivity contribution in [2.45, 2.75) is 0 Å². The Morgan fingerprint density at radius 3 is 2.50 bits per heavy atom. The molecular weight excluding hydrogens is 334 g/mol. The number of aromatic nitrogens is 1. The van der Waals surface area contributed by atoms with Crippen molar-refractivity contribution in [3.05, 3.63) is 69.4 Å². The standard InChI is InChI=1S/C16H10ClN3O4/c17-15-8-14(18-10-2-4-11(5-3-10)20(23)24)12-7-9(16(21)22)1-6-13(12)19-15/h1-8H,(H,18,19)(H,21,22). The Bertz CT molecular complexity index is 957. The lowest BCUT2D eigenvalue weighted by atomic mass is 10.1. The molecule has 0 amide bonds. The fraction of sp³-hybridized carbons (Fsp3) is 0. The Morgan fingerprint density at radius 2 is 1.88 bits per heavy atom. The van der Waals surface area contributed by atoms with Gasteiger partial charge in [-0.25, -0.2) is 9.78 Å². The third-order valence-corrected chi connectivity index (χ3v) is 3.58. The van der Waals surface area contributed by atoms with E-state index in [1.54, 1.807) is 24.3 Å². The molecule has 1 aromatic heterocycles. The van der Waals surface area contributed by atoms with Crippen LogP contribution in [-0.4, -0.2) is 21.0 Å². The first kappa shape index (κ1) is 15.7. The maximum atomic E-state index is 11.2. The Morgan fingerprint density at radius 1 is 1.17 bits per heavy atom. The highest BCUT2D eigenvalue weighted by molar-refractivity contribution is 6.30. The van der Waals surface area contributed by atoms with Crippen LogP contribution in [0.5, 0.6) is 0 Å². The van der Waals surface area contributed by atoms with Gasteiger partial charge in [-0.2, -0.15) is 0 Å². The molecule has 0 aliphatic heterocycles. The summed E-state index contributed by atoms with van der Waals surface area (Å²) in [5, 5.41) is 23.7. The summed E-state index contributed by atoms with van der Waals surface area (Å²) in [6, 6.07) is 11.9.